The van der Waals surface area contributed by atoms with Gasteiger partial charge in [-0.1, -0.05) is 0 Å². The second kappa shape index (κ2) is 6.31. The summed E-state index contributed by atoms with van der Waals surface area (Å²) >= 11 is 0. The van der Waals surface area contributed by atoms with E-state index in [1.54, 1.807) is 6.26 Å². The van der Waals surface area contributed by atoms with Gasteiger partial charge >= 0.3 is 0 Å². The van der Waals surface area contributed by atoms with Gasteiger partial charge in [0, 0.05) is 47.2 Å². The van der Waals surface area contributed by atoms with E-state index in [2.05, 4.69) is 24.3 Å². The van der Waals surface area contributed by atoms with Crippen LogP contribution in [0.5, 0.6) is 0 Å². The highest BCUT2D eigenvalue weighted by Gasteiger charge is 2.15. The lowest BCUT2D eigenvalue weighted by molar-refractivity contribution is 0.565. The van der Waals surface area contributed by atoms with Crippen LogP contribution in [0.2, 0.25) is 0 Å². The molecule has 5 heteroatoms. The Morgan fingerprint density at radius 2 is 2.12 bits per heavy atom. The average molecular weight is 257 g/mol. The minimum absolute atomic E-state index is 0.300. The third kappa shape index (κ3) is 3.92. The molecule has 0 bridgehead atoms. The van der Waals surface area contributed by atoms with Crippen LogP contribution in [-0.4, -0.2) is 32.5 Å². The molecule has 4 nitrogen and oxygen atoms in total. The smallest absolute Gasteiger partial charge is 0.0644 e. The SMILES string of the molecule is Cc1nn(C)c(C)c1C(C)NCCCS(C)=O. The molecule has 1 aromatic rings. The van der Waals surface area contributed by atoms with Gasteiger partial charge in [0.15, 0.2) is 0 Å². The monoisotopic (exact) mass is 257 g/mol. The lowest BCUT2D eigenvalue weighted by atomic mass is 10.1. The van der Waals surface area contributed by atoms with E-state index >= 15 is 0 Å². The first-order valence-corrected chi connectivity index (χ1v) is 7.69. The van der Waals surface area contributed by atoms with Gasteiger partial charge in [-0.25, -0.2) is 0 Å². The van der Waals surface area contributed by atoms with Gasteiger partial charge in [0.25, 0.3) is 0 Å². The minimum Gasteiger partial charge on any atom is -0.310 e. The van der Waals surface area contributed by atoms with Crippen molar-refractivity contribution in [2.45, 2.75) is 33.2 Å². The molecule has 0 aromatic carbocycles. The summed E-state index contributed by atoms with van der Waals surface area (Å²) < 4.78 is 12.9. The van der Waals surface area contributed by atoms with Gasteiger partial charge in [-0.15, -0.1) is 0 Å². The summed E-state index contributed by atoms with van der Waals surface area (Å²) in [7, 11) is 1.29. The number of nitrogens with one attached hydrogen (secondary N) is 1. The van der Waals surface area contributed by atoms with Crippen molar-refractivity contribution in [2.75, 3.05) is 18.6 Å². The van der Waals surface area contributed by atoms with E-state index in [1.807, 2.05) is 18.7 Å². The van der Waals surface area contributed by atoms with Crippen LogP contribution in [0.3, 0.4) is 0 Å². The minimum atomic E-state index is -0.686. The molecule has 1 N–H and O–H groups in total. The molecule has 0 spiro atoms. The van der Waals surface area contributed by atoms with Gasteiger partial charge in [-0.3, -0.25) is 8.89 Å². The van der Waals surface area contributed by atoms with Gasteiger partial charge in [-0.05, 0) is 33.7 Å². The first-order chi connectivity index (χ1) is 7.93. The van der Waals surface area contributed by atoms with E-state index in [-0.39, 0.29) is 0 Å². The quantitative estimate of drug-likeness (QED) is 0.785. The van der Waals surface area contributed by atoms with Crippen molar-refractivity contribution < 1.29 is 4.21 Å². The molecule has 0 radical (unpaired) electrons. The molecule has 98 valence electrons. The Morgan fingerprint density at radius 3 is 2.59 bits per heavy atom. The fourth-order valence-electron chi connectivity index (χ4n) is 2.11. The van der Waals surface area contributed by atoms with Gasteiger partial charge < -0.3 is 5.32 Å². The van der Waals surface area contributed by atoms with Crippen molar-refractivity contribution in [2.24, 2.45) is 7.05 Å². The van der Waals surface area contributed by atoms with E-state index in [4.69, 9.17) is 0 Å². The largest absolute Gasteiger partial charge is 0.310 e. The predicted molar refractivity (Wildman–Crippen MR) is 72.7 cm³/mol. The fraction of sp³-hybridized carbons (Fsp3) is 0.750. The van der Waals surface area contributed by atoms with E-state index < -0.39 is 10.8 Å². The highest BCUT2D eigenvalue weighted by Crippen LogP contribution is 2.20. The maximum Gasteiger partial charge on any atom is 0.0644 e. The predicted octanol–water partition coefficient (Wildman–Crippen LogP) is 1.46. The van der Waals surface area contributed by atoms with E-state index in [0.29, 0.717) is 6.04 Å². The number of hydrogen-bond acceptors (Lipinski definition) is 3. The summed E-state index contributed by atoms with van der Waals surface area (Å²) in [4.78, 5) is 0. The van der Waals surface area contributed by atoms with Crippen LogP contribution in [0.1, 0.15) is 36.3 Å². The van der Waals surface area contributed by atoms with Gasteiger partial charge in [0.1, 0.15) is 0 Å². The van der Waals surface area contributed by atoms with Crippen LogP contribution in [0.15, 0.2) is 0 Å². The first kappa shape index (κ1) is 14.4. The Morgan fingerprint density at radius 1 is 1.47 bits per heavy atom. The molecule has 17 heavy (non-hydrogen) atoms. The zero-order valence-corrected chi connectivity index (χ0v) is 12.2. The molecule has 1 rings (SSSR count). The van der Waals surface area contributed by atoms with Crippen LogP contribution in [0.4, 0.5) is 0 Å². The lowest BCUT2D eigenvalue weighted by Crippen LogP contribution is -2.22. The van der Waals surface area contributed by atoms with Crippen molar-refractivity contribution in [1.29, 1.82) is 0 Å². The molecular formula is C12H23N3OS. The van der Waals surface area contributed by atoms with Crippen molar-refractivity contribution in [3.8, 4) is 0 Å². The molecule has 0 aliphatic rings. The molecule has 0 saturated heterocycles. The van der Waals surface area contributed by atoms with Crippen molar-refractivity contribution in [1.82, 2.24) is 15.1 Å². The summed E-state index contributed by atoms with van der Waals surface area (Å²) in [5.41, 5.74) is 3.58. The molecule has 1 aromatic heterocycles. The average Bonchev–Trinajstić information content (AvgIpc) is 2.48. The molecule has 2 atom stereocenters. The summed E-state index contributed by atoms with van der Waals surface area (Å²) in [5.74, 6) is 0.769. The molecular weight excluding hydrogens is 234 g/mol. The maximum atomic E-state index is 10.9. The van der Waals surface area contributed by atoms with Gasteiger partial charge in [-0.2, -0.15) is 5.10 Å². The van der Waals surface area contributed by atoms with Crippen molar-refractivity contribution in [3.05, 3.63) is 17.0 Å². The molecule has 0 amide bonds. The standard InChI is InChI=1S/C12H23N3OS/c1-9(13-7-6-8-17(5)16)12-10(2)14-15(4)11(12)3/h9,13H,6-8H2,1-5H3. The van der Waals surface area contributed by atoms with Crippen LogP contribution in [0.25, 0.3) is 0 Å². The third-order valence-corrected chi connectivity index (χ3v) is 3.92. The Balaban J connectivity index is 2.52. The Labute approximate surface area is 106 Å². The number of aryl methyl sites for hydroxylation is 2. The molecule has 0 saturated carbocycles. The summed E-state index contributed by atoms with van der Waals surface area (Å²) in [6.07, 6.45) is 2.70. The number of aromatic nitrogens is 2. The molecule has 0 fully saturated rings. The highest BCUT2D eigenvalue weighted by molar-refractivity contribution is 7.84. The van der Waals surface area contributed by atoms with Crippen LogP contribution in [-0.2, 0) is 17.8 Å². The molecule has 0 aliphatic heterocycles. The second-order valence-corrected chi connectivity index (χ2v) is 6.07. The van der Waals surface area contributed by atoms with Gasteiger partial charge in [0.2, 0.25) is 0 Å². The Bertz CT molecular complexity index is 401. The fourth-order valence-corrected chi connectivity index (χ4v) is 2.66. The van der Waals surface area contributed by atoms with E-state index in [0.717, 1.165) is 24.4 Å². The summed E-state index contributed by atoms with van der Waals surface area (Å²) in [6, 6.07) is 0.300. The number of hydrogen-bond donors (Lipinski definition) is 1. The maximum absolute atomic E-state index is 10.9. The molecule has 0 aliphatic carbocycles. The van der Waals surface area contributed by atoms with Crippen molar-refractivity contribution >= 4 is 10.8 Å². The lowest BCUT2D eigenvalue weighted by Gasteiger charge is -2.14. The Hall–Kier alpha value is -0.680. The number of nitrogens with zero attached hydrogens (tertiary/aromatic N) is 2. The van der Waals surface area contributed by atoms with E-state index in [1.165, 1.54) is 11.3 Å². The van der Waals surface area contributed by atoms with Crippen molar-refractivity contribution in [3.63, 3.8) is 0 Å². The van der Waals surface area contributed by atoms with E-state index in [9.17, 15) is 4.21 Å². The Kier molecular flexibility index (Phi) is 5.33. The zero-order chi connectivity index (χ0) is 13.0. The summed E-state index contributed by atoms with van der Waals surface area (Å²) in [6.45, 7) is 7.19. The highest BCUT2D eigenvalue weighted by atomic mass is 32.2. The second-order valence-electron chi connectivity index (χ2n) is 4.51. The van der Waals surface area contributed by atoms with Gasteiger partial charge in [0.05, 0.1) is 5.69 Å². The van der Waals surface area contributed by atoms with Crippen LogP contribution in [0, 0.1) is 13.8 Å². The first-order valence-electron chi connectivity index (χ1n) is 5.97. The van der Waals surface area contributed by atoms with Crippen LogP contribution < -0.4 is 5.32 Å². The number of rotatable bonds is 6. The van der Waals surface area contributed by atoms with Crippen LogP contribution >= 0.6 is 0 Å². The topological polar surface area (TPSA) is 46.9 Å². The zero-order valence-electron chi connectivity index (χ0n) is 11.4. The third-order valence-electron chi connectivity index (χ3n) is 3.06. The molecule has 1 heterocycles. The molecule has 2 unspecified atom stereocenters. The summed E-state index contributed by atoms with van der Waals surface area (Å²) in [5, 5.41) is 7.88. The normalized spacial score (nSPS) is 14.9.